The van der Waals surface area contributed by atoms with Gasteiger partial charge in [-0.15, -0.1) is 0 Å². The molecule has 1 aliphatic heterocycles. The first-order valence-corrected chi connectivity index (χ1v) is 5.81. The number of likely N-dealkylation sites (tertiary alicyclic amines) is 1. The highest BCUT2D eigenvalue weighted by molar-refractivity contribution is 5.86. The van der Waals surface area contributed by atoms with E-state index in [-0.39, 0.29) is 0 Å². The van der Waals surface area contributed by atoms with Gasteiger partial charge in [0.2, 0.25) is 0 Å². The molecule has 1 aromatic rings. The Morgan fingerprint density at radius 3 is 2.38 bits per heavy atom. The molecule has 3 heteroatoms. The lowest BCUT2D eigenvalue weighted by Gasteiger charge is -2.22. The van der Waals surface area contributed by atoms with Gasteiger partial charge in [0.1, 0.15) is 0 Å². The van der Waals surface area contributed by atoms with Gasteiger partial charge in [-0.1, -0.05) is 17.7 Å². The summed E-state index contributed by atoms with van der Waals surface area (Å²) in [6.45, 7) is 4.33. The smallest absolute Gasteiger partial charge is 0.0561 e. The molecule has 3 nitrogen and oxygen atoms in total. The zero-order valence-electron chi connectivity index (χ0n) is 10.0. The van der Waals surface area contributed by atoms with Crippen LogP contribution in [0.2, 0.25) is 0 Å². The Kier molecular flexibility index (Phi) is 3.57. The third-order valence-electron chi connectivity index (χ3n) is 2.96. The maximum Gasteiger partial charge on any atom is 0.0561 e. The van der Waals surface area contributed by atoms with Gasteiger partial charge in [-0.05, 0) is 26.1 Å². The van der Waals surface area contributed by atoms with E-state index in [0.29, 0.717) is 0 Å². The number of nitrogens with zero attached hydrogens (tertiary/aromatic N) is 2. The molecule has 0 atom stereocenters. The number of piperidine rings is 1. The first-order chi connectivity index (χ1) is 7.74. The van der Waals surface area contributed by atoms with Crippen molar-refractivity contribution in [1.82, 2.24) is 4.90 Å². The highest BCUT2D eigenvalue weighted by Gasteiger charge is 2.10. The maximum atomic E-state index is 4.46. The molecule has 0 spiro atoms. The standard InChI is InChI=1S/C13H19N3/c1-11-3-5-12(6-4-11)14-15-13-7-9-16(2)10-8-13/h3-6,14H,7-10H2,1-2H3. The molecule has 0 unspecified atom stereocenters. The third-order valence-corrected chi connectivity index (χ3v) is 2.96. The highest BCUT2D eigenvalue weighted by Crippen LogP contribution is 2.10. The Bertz CT molecular complexity index is 357. The van der Waals surface area contributed by atoms with Crippen LogP contribution in [0.3, 0.4) is 0 Å². The van der Waals surface area contributed by atoms with E-state index in [1.165, 1.54) is 11.3 Å². The summed E-state index contributed by atoms with van der Waals surface area (Å²) in [6, 6.07) is 8.32. The van der Waals surface area contributed by atoms with Crippen molar-refractivity contribution in [3.05, 3.63) is 29.8 Å². The van der Waals surface area contributed by atoms with Crippen LogP contribution in [0.15, 0.2) is 29.4 Å². The Morgan fingerprint density at radius 1 is 1.12 bits per heavy atom. The lowest BCUT2D eigenvalue weighted by atomic mass is 10.1. The van der Waals surface area contributed by atoms with E-state index in [1.54, 1.807) is 0 Å². The predicted molar refractivity (Wildman–Crippen MR) is 69.0 cm³/mol. The summed E-state index contributed by atoms with van der Waals surface area (Å²) in [6.07, 6.45) is 2.16. The van der Waals surface area contributed by atoms with Crippen LogP contribution >= 0.6 is 0 Å². The molecule has 0 aromatic heterocycles. The van der Waals surface area contributed by atoms with Crippen molar-refractivity contribution < 1.29 is 0 Å². The van der Waals surface area contributed by atoms with Crippen molar-refractivity contribution in [3.8, 4) is 0 Å². The van der Waals surface area contributed by atoms with Crippen LogP contribution in [-0.4, -0.2) is 30.7 Å². The Hall–Kier alpha value is -1.35. The van der Waals surface area contributed by atoms with E-state index in [2.05, 4.69) is 53.7 Å². The average Bonchev–Trinajstić information content (AvgIpc) is 2.30. The predicted octanol–water partition coefficient (Wildman–Crippen LogP) is 2.49. The van der Waals surface area contributed by atoms with Crippen molar-refractivity contribution in [2.75, 3.05) is 25.6 Å². The summed E-state index contributed by atoms with van der Waals surface area (Å²) >= 11 is 0. The molecule has 1 heterocycles. The molecule has 0 amide bonds. The Morgan fingerprint density at radius 2 is 1.75 bits per heavy atom. The number of hydrazone groups is 1. The van der Waals surface area contributed by atoms with Crippen LogP contribution in [0.4, 0.5) is 5.69 Å². The van der Waals surface area contributed by atoms with Gasteiger partial charge >= 0.3 is 0 Å². The molecule has 1 aliphatic rings. The van der Waals surface area contributed by atoms with Gasteiger partial charge in [-0.3, -0.25) is 5.43 Å². The average molecular weight is 217 g/mol. The molecule has 1 fully saturated rings. The molecule has 0 bridgehead atoms. The Labute approximate surface area is 97.2 Å². The molecular formula is C13H19N3. The minimum atomic E-state index is 1.07. The molecule has 0 radical (unpaired) electrons. The third kappa shape index (κ3) is 3.07. The molecule has 16 heavy (non-hydrogen) atoms. The zero-order valence-corrected chi connectivity index (χ0v) is 10.0. The second kappa shape index (κ2) is 5.12. The Balaban J connectivity index is 1.91. The molecule has 0 aliphatic carbocycles. The van der Waals surface area contributed by atoms with Crippen molar-refractivity contribution in [3.63, 3.8) is 0 Å². The minimum absolute atomic E-state index is 1.07. The topological polar surface area (TPSA) is 27.6 Å². The van der Waals surface area contributed by atoms with Crippen LogP contribution in [0.1, 0.15) is 18.4 Å². The second-order valence-corrected chi connectivity index (χ2v) is 4.46. The summed E-state index contributed by atoms with van der Waals surface area (Å²) in [5.74, 6) is 0. The van der Waals surface area contributed by atoms with Gasteiger partial charge in [-0.25, -0.2) is 0 Å². The van der Waals surface area contributed by atoms with Crippen LogP contribution in [-0.2, 0) is 0 Å². The maximum absolute atomic E-state index is 4.46. The van der Waals surface area contributed by atoms with Gasteiger partial charge in [-0.2, -0.15) is 5.10 Å². The van der Waals surface area contributed by atoms with Crippen LogP contribution in [0.5, 0.6) is 0 Å². The number of nitrogens with one attached hydrogen (secondary N) is 1. The fourth-order valence-corrected chi connectivity index (χ4v) is 1.76. The van der Waals surface area contributed by atoms with Crippen molar-refractivity contribution in [2.45, 2.75) is 19.8 Å². The van der Waals surface area contributed by atoms with Gasteiger partial charge in [0.05, 0.1) is 5.69 Å². The van der Waals surface area contributed by atoms with Crippen molar-refractivity contribution in [2.24, 2.45) is 5.10 Å². The molecule has 1 aromatic carbocycles. The summed E-state index contributed by atoms with van der Waals surface area (Å²) in [4.78, 5) is 2.34. The first kappa shape index (κ1) is 11.1. The first-order valence-electron chi connectivity index (χ1n) is 5.81. The minimum Gasteiger partial charge on any atom is -0.306 e. The van der Waals surface area contributed by atoms with Crippen LogP contribution < -0.4 is 5.43 Å². The number of hydrogen-bond acceptors (Lipinski definition) is 3. The number of aryl methyl sites for hydroxylation is 1. The summed E-state index contributed by atoms with van der Waals surface area (Å²) < 4.78 is 0. The monoisotopic (exact) mass is 217 g/mol. The van der Waals surface area contributed by atoms with Crippen molar-refractivity contribution in [1.29, 1.82) is 0 Å². The van der Waals surface area contributed by atoms with Gasteiger partial charge in [0.15, 0.2) is 0 Å². The largest absolute Gasteiger partial charge is 0.306 e. The van der Waals surface area contributed by atoms with E-state index in [9.17, 15) is 0 Å². The number of anilines is 1. The molecule has 2 rings (SSSR count). The lowest BCUT2D eigenvalue weighted by Crippen LogP contribution is -2.30. The van der Waals surface area contributed by atoms with Crippen molar-refractivity contribution >= 4 is 11.4 Å². The fraction of sp³-hybridized carbons (Fsp3) is 0.462. The van der Waals surface area contributed by atoms with Gasteiger partial charge < -0.3 is 4.90 Å². The normalized spacial score (nSPS) is 17.2. The van der Waals surface area contributed by atoms with Crippen LogP contribution in [0.25, 0.3) is 0 Å². The number of hydrogen-bond donors (Lipinski definition) is 1. The lowest BCUT2D eigenvalue weighted by molar-refractivity contribution is 0.336. The molecule has 1 saturated heterocycles. The summed E-state index contributed by atoms with van der Waals surface area (Å²) in [7, 11) is 2.16. The second-order valence-electron chi connectivity index (χ2n) is 4.46. The van der Waals surface area contributed by atoms with E-state index in [0.717, 1.165) is 31.6 Å². The number of benzene rings is 1. The quantitative estimate of drug-likeness (QED) is 0.771. The highest BCUT2D eigenvalue weighted by atomic mass is 15.3. The number of rotatable bonds is 2. The SMILES string of the molecule is Cc1ccc(NN=C2CCN(C)CC2)cc1. The molecule has 1 N–H and O–H groups in total. The van der Waals surface area contributed by atoms with Gasteiger partial charge in [0, 0.05) is 31.6 Å². The van der Waals surface area contributed by atoms with E-state index in [1.807, 2.05) is 0 Å². The zero-order chi connectivity index (χ0) is 11.4. The fourth-order valence-electron chi connectivity index (χ4n) is 1.76. The van der Waals surface area contributed by atoms with Gasteiger partial charge in [0.25, 0.3) is 0 Å². The van der Waals surface area contributed by atoms with Crippen LogP contribution in [0, 0.1) is 6.92 Å². The summed E-state index contributed by atoms with van der Waals surface area (Å²) in [5, 5.41) is 4.46. The van der Waals surface area contributed by atoms with E-state index < -0.39 is 0 Å². The molecular weight excluding hydrogens is 198 g/mol. The summed E-state index contributed by atoms with van der Waals surface area (Å²) in [5.41, 5.74) is 6.74. The van der Waals surface area contributed by atoms with E-state index >= 15 is 0 Å². The molecule has 0 saturated carbocycles. The molecule has 86 valence electrons. The van der Waals surface area contributed by atoms with E-state index in [4.69, 9.17) is 0 Å².